The standard InChI is InChI=1S/C11H22F2O3S/c12-11(13)9-7-5-3-1-2-4-6-8-10-17(14,15)16/h11H,1-10H2,(H,14,15,16)/p-1. The van der Waals surface area contributed by atoms with Crippen LogP contribution in [0.25, 0.3) is 0 Å². The van der Waals surface area contributed by atoms with E-state index in [0.717, 1.165) is 38.5 Å². The highest BCUT2D eigenvalue weighted by Gasteiger charge is 2.01. The molecule has 0 amide bonds. The van der Waals surface area contributed by atoms with Gasteiger partial charge in [-0.1, -0.05) is 38.5 Å². The third kappa shape index (κ3) is 15.8. The van der Waals surface area contributed by atoms with Crippen molar-refractivity contribution in [3.8, 4) is 0 Å². The maximum Gasteiger partial charge on any atom is 0.238 e. The van der Waals surface area contributed by atoms with Gasteiger partial charge in [-0.25, -0.2) is 17.2 Å². The second-order valence-electron chi connectivity index (χ2n) is 4.27. The van der Waals surface area contributed by atoms with Crippen LogP contribution in [-0.2, 0) is 10.1 Å². The molecule has 0 aliphatic carbocycles. The van der Waals surface area contributed by atoms with Gasteiger partial charge in [0.25, 0.3) is 0 Å². The Morgan fingerprint density at radius 1 is 0.824 bits per heavy atom. The first-order chi connectivity index (χ1) is 7.92. The second-order valence-corrected chi connectivity index (χ2v) is 5.79. The maximum absolute atomic E-state index is 11.8. The molecule has 0 radical (unpaired) electrons. The minimum absolute atomic E-state index is 0.0125. The molecule has 0 aromatic rings. The van der Waals surface area contributed by atoms with Crippen LogP contribution in [0.3, 0.4) is 0 Å². The zero-order valence-electron chi connectivity index (χ0n) is 10.0. The molecule has 0 atom stereocenters. The Bertz CT molecular complexity index is 266. The highest BCUT2D eigenvalue weighted by molar-refractivity contribution is 7.85. The van der Waals surface area contributed by atoms with Crippen molar-refractivity contribution in [3.05, 3.63) is 0 Å². The topological polar surface area (TPSA) is 57.2 Å². The van der Waals surface area contributed by atoms with Crippen LogP contribution in [0.5, 0.6) is 0 Å². The van der Waals surface area contributed by atoms with Crippen LogP contribution in [0.1, 0.15) is 57.8 Å². The average molecular weight is 271 g/mol. The van der Waals surface area contributed by atoms with Gasteiger partial charge in [0.15, 0.2) is 0 Å². The molecule has 0 bridgehead atoms. The lowest BCUT2D eigenvalue weighted by atomic mass is 10.1. The minimum atomic E-state index is -4.06. The first-order valence-electron chi connectivity index (χ1n) is 6.13. The van der Waals surface area contributed by atoms with E-state index in [1.807, 2.05) is 0 Å². The zero-order chi connectivity index (χ0) is 13.1. The molecule has 0 spiro atoms. The fraction of sp³-hybridized carbons (Fsp3) is 1.00. The van der Waals surface area contributed by atoms with Crippen LogP contribution >= 0.6 is 0 Å². The molecule has 104 valence electrons. The van der Waals surface area contributed by atoms with Gasteiger partial charge in [-0.05, 0) is 12.8 Å². The highest BCUT2D eigenvalue weighted by atomic mass is 32.2. The Labute approximate surface area is 102 Å². The Morgan fingerprint density at radius 3 is 1.65 bits per heavy atom. The van der Waals surface area contributed by atoms with Crippen molar-refractivity contribution in [2.45, 2.75) is 64.2 Å². The largest absolute Gasteiger partial charge is 0.748 e. The fourth-order valence-electron chi connectivity index (χ4n) is 1.64. The average Bonchev–Trinajstić information content (AvgIpc) is 2.18. The summed E-state index contributed by atoms with van der Waals surface area (Å²) in [7, 11) is -4.06. The molecule has 3 nitrogen and oxygen atoms in total. The van der Waals surface area contributed by atoms with E-state index in [4.69, 9.17) is 0 Å². The van der Waals surface area contributed by atoms with Crippen LogP contribution in [0.4, 0.5) is 8.78 Å². The molecule has 17 heavy (non-hydrogen) atoms. The number of rotatable bonds is 11. The van der Waals surface area contributed by atoms with E-state index in [0.29, 0.717) is 12.8 Å². The van der Waals surface area contributed by atoms with Crippen molar-refractivity contribution in [2.75, 3.05) is 5.75 Å². The molecule has 0 unspecified atom stereocenters. The highest BCUT2D eigenvalue weighted by Crippen LogP contribution is 2.12. The lowest BCUT2D eigenvalue weighted by molar-refractivity contribution is 0.133. The van der Waals surface area contributed by atoms with Gasteiger partial charge in [-0.15, -0.1) is 0 Å². The number of hydrogen-bond donors (Lipinski definition) is 0. The third-order valence-electron chi connectivity index (χ3n) is 2.57. The molecule has 0 fully saturated rings. The Kier molecular flexibility index (Phi) is 9.63. The molecular formula is C11H21F2O3S-. The summed E-state index contributed by atoms with van der Waals surface area (Å²) in [6.45, 7) is 0. The lowest BCUT2D eigenvalue weighted by Gasteiger charge is -2.06. The maximum atomic E-state index is 11.8. The summed E-state index contributed by atoms with van der Waals surface area (Å²) in [5, 5.41) is 0. The molecule has 0 aromatic carbocycles. The van der Waals surface area contributed by atoms with Crippen molar-refractivity contribution in [1.82, 2.24) is 0 Å². The quantitative estimate of drug-likeness (QED) is 0.428. The molecule has 0 saturated heterocycles. The van der Waals surface area contributed by atoms with Crippen molar-refractivity contribution in [1.29, 1.82) is 0 Å². The molecular weight excluding hydrogens is 250 g/mol. The fourth-order valence-corrected chi connectivity index (χ4v) is 2.20. The van der Waals surface area contributed by atoms with Gasteiger partial charge in [-0.2, -0.15) is 0 Å². The Morgan fingerprint density at radius 2 is 1.24 bits per heavy atom. The molecule has 0 saturated carbocycles. The first-order valence-corrected chi connectivity index (χ1v) is 7.71. The number of halogens is 2. The van der Waals surface area contributed by atoms with Crippen LogP contribution in [0.2, 0.25) is 0 Å². The Hall–Kier alpha value is -0.230. The summed E-state index contributed by atoms with van der Waals surface area (Å²) in [6, 6.07) is 0. The smallest absolute Gasteiger partial charge is 0.238 e. The van der Waals surface area contributed by atoms with E-state index in [2.05, 4.69) is 0 Å². The van der Waals surface area contributed by atoms with Crippen molar-refractivity contribution >= 4 is 10.1 Å². The normalized spacial score (nSPS) is 12.2. The van der Waals surface area contributed by atoms with Crippen molar-refractivity contribution in [2.24, 2.45) is 0 Å². The van der Waals surface area contributed by atoms with Crippen LogP contribution in [-0.4, -0.2) is 25.1 Å². The van der Waals surface area contributed by atoms with Gasteiger partial charge < -0.3 is 4.55 Å². The van der Waals surface area contributed by atoms with Crippen LogP contribution < -0.4 is 0 Å². The summed E-state index contributed by atoms with van der Waals surface area (Å²) < 4.78 is 54.4. The molecule has 0 heterocycles. The number of alkyl halides is 2. The number of hydrogen-bond acceptors (Lipinski definition) is 3. The summed E-state index contributed by atoms with van der Waals surface area (Å²) in [5.74, 6) is -0.276. The van der Waals surface area contributed by atoms with E-state index in [1.54, 1.807) is 0 Å². The van der Waals surface area contributed by atoms with E-state index in [-0.39, 0.29) is 12.2 Å². The predicted molar refractivity (Wildman–Crippen MR) is 62.1 cm³/mol. The first kappa shape index (κ1) is 16.8. The van der Waals surface area contributed by atoms with Gasteiger partial charge in [0, 0.05) is 12.2 Å². The van der Waals surface area contributed by atoms with Crippen molar-refractivity contribution in [3.63, 3.8) is 0 Å². The van der Waals surface area contributed by atoms with E-state index in [1.165, 1.54) is 0 Å². The Balaban J connectivity index is 3.09. The molecule has 0 aliphatic rings. The second kappa shape index (κ2) is 9.76. The molecule has 0 rings (SSSR count). The monoisotopic (exact) mass is 271 g/mol. The van der Waals surface area contributed by atoms with Gasteiger partial charge >= 0.3 is 0 Å². The van der Waals surface area contributed by atoms with Gasteiger partial charge in [0.05, 0.1) is 10.1 Å². The summed E-state index contributed by atoms with van der Waals surface area (Å²) >= 11 is 0. The summed E-state index contributed by atoms with van der Waals surface area (Å²) in [4.78, 5) is 0. The molecule has 0 aliphatic heterocycles. The SMILES string of the molecule is O=S(=O)([O-])CCCCCCCCCCC(F)F. The lowest BCUT2D eigenvalue weighted by Crippen LogP contribution is -2.03. The summed E-state index contributed by atoms with van der Waals surface area (Å²) in [6.07, 6.45) is 4.21. The van der Waals surface area contributed by atoms with Gasteiger partial charge in [0.2, 0.25) is 6.43 Å². The molecule has 0 N–H and O–H groups in total. The van der Waals surface area contributed by atoms with E-state index < -0.39 is 16.5 Å². The van der Waals surface area contributed by atoms with Crippen molar-refractivity contribution < 1.29 is 21.8 Å². The third-order valence-corrected chi connectivity index (χ3v) is 3.36. The number of unbranched alkanes of at least 4 members (excludes halogenated alkanes) is 7. The van der Waals surface area contributed by atoms with Crippen LogP contribution in [0, 0.1) is 0 Å². The zero-order valence-corrected chi connectivity index (χ0v) is 10.9. The molecule has 6 heteroatoms. The van der Waals surface area contributed by atoms with Gasteiger partial charge in [0.1, 0.15) is 0 Å². The summed E-state index contributed by atoms with van der Waals surface area (Å²) in [5.41, 5.74) is 0. The van der Waals surface area contributed by atoms with E-state index in [9.17, 15) is 21.8 Å². The minimum Gasteiger partial charge on any atom is -0.748 e. The van der Waals surface area contributed by atoms with Gasteiger partial charge in [-0.3, -0.25) is 0 Å². The van der Waals surface area contributed by atoms with Crippen LogP contribution in [0.15, 0.2) is 0 Å². The van der Waals surface area contributed by atoms with E-state index >= 15 is 0 Å². The molecule has 0 aromatic heterocycles. The predicted octanol–water partition coefficient (Wildman–Crippen LogP) is 3.31.